The van der Waals surface area contributed by atoms with Gasteiger partial charge in [0.05, 0.1) is 24.6 Å². The van der Waals surface area contributed by atoms with Crippen LogP contribution >= 0.6 is 0 Å². The van der Waals surface area contributed by atoms with E-state index in [4.69, 9.17) is 4.74 Å². The van der Waals surface area contributed by atoms with Crippen molar-refractivity contribution >= 4 is 16.9 Å². The summed E-state index contributed by atoms with van der Waals surface area (Å²) in [6, 6.07) is 13.1. The molecular formula is C27H22F3N6O+. The fraction of sp³-hybridized carbons (Fsp3) is 0.259. The number of aromatic nitrogens is 4. The summed E-state index contributed by atoms with van der Waals surface area (Å²) in [5, 5.41) is 9.43. The number of piperidine rings is 1. The van der Waals surface area contributed by atoms with Gasteiger partial charge in [-0.1, -0.05) is 6.07 Å². The highest BCUT2D eigenvalue weighted by Crippen LogP contribution is 2.39. The first-order valence-corrected chi connectivity index (χ1v) is 11.7. The van der Waals surface area contributed by atoms with E-state index in [0.717, 1.165) is 37.8 Å². The van der Waals surface area contributed by atoms with Crippen molar-refractivity contribution in [3.8, 4) is 23.1 Å². The number of fused-ring (bicyclic) bond motifs is 1. The maximum atomic E-state index is 13.9. The number of hydrogen-bond acceptors (Lipinski definition) is 5. The normalized spacial score (nSPS) is 14.6. The standard InChI is InChI=1S/C27H22F3N6O/c1-35-17-33-26-22(16-31)34-21(15-23(26)35)19-5-6-24(20(14-19)27(28,29)30)37-13-9-18-7-11-36(12-8-18)25-4-2-3-10-32-25/h2-6,9-10,13-15,18H,7-8,11-12H2,1H3/q+1/b13-9+. The van der Waals surface area contributed by atoms with Crippen molar-refractivity contribution in [1.82, 2.24) is 14.5 Å². The lowest BCUT2D eigenvalue weighted by Crippen LogP contribution is -2.33. The lowest BCUT2D eigenvalue weighted by Gasteiger charge is -2.31. The average Bonchev–Trinajstić information content (AvgIpc) is 3.29. The highest BCUT2D eigenvalue weighted by Gasteiger charge is 2.35. The van der Waals surface area contributed by atoms with Crippen LogP contribution < -0.4 is 14.6 Å². The number of benzene rings is 1. The lowest BCUT2D eigenvalue weighted by molar-refractivity contribution is -0.258. The van der Waals surface area contributed by atoms with Crippen molar-refractivity contribution in [3.63, 3.8) is 0 Å². The van der Waals surface area contributed by atoms with Gasteiger partial charge < -0.3 is 9.64 Å². The smallest absolute Gasteiger partial charge is 0.420 e. The van der Waals surface area contributed by atoms with E-state index in [-0.39, 0.29) is 28.6 Å². The minimum absolute atomic E-state index is 0.0234. The Morgan fingerprint density at radius 3 is 2.70 bits per heavy atom. The van der Waals surface area contributed by atoms with Gasteiger partial charge >= 0.3 is 18.0 Å². The largest absolute Gasteiger partial charge is 0.465 e. The van der Waals surface area contributed by atoms with Crippen LogP contribution in [0, 0.1) is 23.6 Å². The van der Waals surface area contributed by atoms with Gasteiger partial charge in [-0.3, -0.25) is 0 Å². The quantitative estimate of drug-likeness (QED) is 0.366. The molecule has 0 aliphatic carbocycles. The van der Waals surface area contributed by atoms with E-state index < -0.39 is 11.7 Å². The molecule has 4 aromatic rings. The first kappa shape index (κ1) is 24.1. The molecule has 0 radical (unpaired) electrons. The number of aryl methyl sites for hydroxylation is 1. The zero-order chi connectivity index (χ0) is 26.0. The van der Waals surface area contributed by atoms with E-state index in [9.17, 15) is 18.4 Å². The molecular weight excluding hydrogens is 481 g/mol. The van der Waals surface area contributed by atoms with Gasteiger partial charge in [0.15, 0.2) is 0 Å². The van der Waals surface area contributed by atoms with Crippen LogP contribution in [0.25, 0.3) is 22.3 Å². The molecule has 0 amide bonds. The Balaban J connectivity index is 1.34. The van der Waals surface area contributed by atoms with Crippen molar-refractivity contribution in [3.05, 3.63) is 78.6 Å². The Kier molecular flexibility index (Phi) is 6.41. The highest BCUT2D eigenvalue weighted by molar-refractivity contribution is 5.81. The molecule has 1 aliphatic heterocycles. The van der Waals surface area contributed by atoms with Crippen LogP contribution in [0.5, 0.6) is 5.75 Å². The van der Waals surface area contributed by atoms with Gasteiger partial charge in [-0.2, -0.15) is 23.0 Å². The Bertz CT molecular complexity index is 1480. The molecule has 186 valence electrons. The Morgan fingerprint density at radius 2 is 2.00 bits per heavy atom. The molecule has 1 aromatic carbocycles. The third-order valence-electron chi connectivity index (χ3n) is 6.39. The van der Waals surface area contributed by atoms with Crippen LogP contribution in [0.1, 0.15) is 24.1 Å². The summed E-state index contributed by atoms with van der Waals surface area (Å²) >= 11 is 0. The second-order valence-corrected chi connectivity index (χ2v) is 8.77. The SMILES string of the molecule is Cn1c#[n+]c2c(C#N)nc(-c3ccc(O/C=C/C4CCN(c5ccccn5)CC4)c(C(F)(F)F)c3)cc21. The summed E-state index contributed by atoms with van der Waals surface area (Å²) in [6.45, 7) is 1.62. The molecule has 37 heavy (non-hydrogen) atoms. The van der Waals surface area contributed by atoms with Crippen molar-refractivity contribution in [2.75, 3.05) is 18.0 Å². The van der Waals surface area contributed by atoms with Gasteiger partial charge in [0.2, 0.25) is 11.2 Å². The molecule has 1 aliphatic rings. The fourth-order valence-electron chi connectivity index (χ4n) is 4.39. The van der Waals surface area contributed by atoms with Crippen LogP contribution in [-0.4, -0.2) is 27.6 Å². The molecule has 4 heterocycles. The summed E-state index contributed by atoms with van der Waals surface area (Å²) in [6.07, 6.45) is 4.67. The van der Waals surface area contributed by atoms with Gasteiger partial charge in [0.25, 0.3) is 0 Å². The molecule has 0 bridgehead atoms. The molecule has 0 N–H and O–H groups in total. The van der Waals surface area contributed by atoms with E-state index in [2.05, 4.69) is 26.2 Å². The predicted molar refractivity (Wildman–Crippen MR) is 129 cm³/mol. The molecule has 0 unspecified atom stereocenters. The van der Waals surface area contributed by atoms with Crippen molar-refractivity contribution in [1.29, 1.82) is 5.26 Å². The molecule has 0 saturated carbocycles. The van der Waals surface area contributed by atoms with Crippen LogP contribution in [0.2, 0.25) is 0 Å². The van der Waals surface area contributed by atoms with Crippen LogP contribution in [0.15, 0.2) is 61.0 Å². The van der Waals surface area contributed by atoms with Crippen molar-refractivity contribution in [2.45, 2.75) is 19.0 Å². The topological polar surface area (TPSA) is 81.1 Å². The number of rotatable bonds is 5. The molecule has 5 rings (SSSR count). The highest BCUT2D eigenvalue weighted by atomic mass is 19.4. The second-order valence-electron chi connectivity index (χ2n) is 8.77. The van der Waals surface area contributed by atoms with Gasteiger partial charge in [-0.15, -0.1) is 4.98 Å². The molecule has 0 spiro atoms. The molecule has 1 fully saturated rings. The van der Waals surface area contributed by atoms with E-state index >= 15 is 0 Å². The Hall–Kier alpha value is -4.57. The average molecular weight is 504 g/mol. The summed E-state index contributed by atoms with van der Waals surface area (Å²) in [7, 11) is 1.69. The first-order chi connectivity index (χ1) is 17.8. The van der Waals surface area contributed by atoms with Crippen molar-refractivity contribution < 1.29 is 22.9 Å². The zero-order valence-corrected chi connectivity index (χ0v) is 19.9. The number of nitriles is 1. The number of anilines is 1. The van der Waals surface area contributed by atoms with Gasteiger partial charge in [-0.25, -0.2) is 9.97 Å². The van der Waals surface area contributed by atoms with Gasteiger partial charge in [-0.05, 0) is 55.2 Å². The number of ether oxygens (including phenoxy) is 1. The zero-order valence-electron chi connectivity index (χ0n) is 19.9. The fourth-order valence-corrected chi connectivity index (χ4v) is 4.39. The number of pyridine rings is 2. The Labute approximate surface area is 211 Å². The summed E-state index contributed by atoms with van der Waals surface area (Å²) in [5.74, 6) is 0.826. The van der Waals surface area contributed by atoms with Crippen LogP contribution in [0.4, 0.5) is 19.0 Å². The maximum absolute atomic E-state index is 13.9. The lowest BCUT2D eigenvalue weighted by atomic mass is 9.97. The predicted octanol–water partition coefficient (Wildman–Crippen LogP) is 4.73. The molecule has 10 heteroatoms. The Morgan fingerprint density at radius 1 is 1.19 bits per heavy atom. The number of halogens is 3. The first-order valence-electron chi connectivity index (χ1n) is 11.7. The second kappa shape index (κ2) is 9.82. The maximum Gasteiger partial charge on any atom is 0.420 e. The van der Waals surface area contributed by atoms with Crippen LogP contribution in [0.3, 0.4) is 0 Å². The van der Waals surface area contributed by atoms with E-state index in [1.165, 1.54) is 18.4 Å². The molecule has 0 atom stereocenters. The van der Waals surface area contributed by atoms with Gasteiger partial charge in [0, 0.05) is 30.9 Å². The van der Waals surface area contributed by atoms with Gasteiger partial charge in [0.1, 0.15) is 17.6 Å². The van der Waals surface area contributed by atoms with E-state index in [1.54, 1.807) is 23.9 Å². The van der Waals surface area contributed by atoms with Crippen LogP contribution in [-0.2, 0) is 13.2 Å². The third kappa shape index (κ3) is 5.05. The minimum Gasteiger partial charge on any atom is -0.465 e. The van der Waals surface area contributed by atoms with E-state index in [1.807, 2.05) is 30.3 Å². The number of allylic oxidation sites excluding steroid dienone is 1. The van der Waals surface area contributed by atoms with Crippen molar-refractivity contribution in [2.24, 2.45) is 13.0 Å². The monoisotopic (exact) mass is 503 g/mol. The minimum atomic E-state index is -4.64. The molecule has 3 aromatic heterocycles. The third-order valence-corrected chi connectivity index (χ3v) is 6.39. The van der Waals surface area contributed by atoms with E-state index in [0.29, 0.717) is 11.0 Å². The number of alkyl halides is 3. The molecule has 7 nitrogen and oxygen atoms in total. The summed E-state index contributed by atoms with van der Waals surface area (Å²) in [5.41, 5.74) is 0.443. The summed E-state index contributed by atoms with van der Waals surface area (Å²) in [4.78, 5) is 14.8. The number of nitrogens with zero attached hydrogens (tertiary/aromatic N) is 6. The summed E-state index contributed by atoms with van der Waals surface area (Å²) < 4.78 is 48.8. The number of hydrogen-bond donors (Lipinski definition) is 0. The molecule has 1 saturated heterocycles.